The SMILES string of the molecule is CCCC#CC=C(Br)CCC. The van der Waals surface area contributed by atoms with Gasteiger partial charge in [0.2, 0.25) is 0 Å². The maximum Gasteiger partial charge on any atom is 0.00896 e. The lowest BCUT2D eigenvalue weighted by atomic mass is 10.3. The first-order chi connectivity index (χ1) is 5.31. The van der Waals surface area contributed by atoms with Gasteiger partial charge in [0, 0.05) is 10.9 Å². The molecule has 0 atom stereocenters. The van der Waals surface area contributed by atoms with Crippen LogP contribution in [0.15, 0.2) is 10.6 Å². The van der Waals surface area contributed by atoms with E-state index < -0.39 is 0 Å². The van der Waals surface area contributed by atoms with Crippen LogP contribution in [0, 0.1) is 11.8 Å². The van der Waals surface area contributed by atoms with Gasteiger partial charge in [-0.15, -0.1) is 0 Å². The zero-order chi connectivity index (χ0) is 8.53. The van der Waals surface area contributed by atoms with E-state index in [2.05, 4.69) is 41.6 Å². The minimum absolute atomic E-state index is 1.00. The van der Waals surface area contributed by atoms with Crippen LogP contribution in [-0.2, 0) is 0 Å². The van der Waals surface area contributed by atoms with E-state index >= 15 is 0 Å². The third-order valence-corrected chi connectivity index (χ3v) is 1.82. The number of rotatable bonds is 3. The molecule has 0 saturated heterocycles. The largest absolute Gasteiger partial charge is 0.0985 e. The fraction of sp³-hybridized carbons (Fsp3) is 0.600. The molecule has 0 heterocycles. The average molecular weight is 215 g/mol. The van der Waals surface area contributed by atoms with E-state index in [0.717, 1.165) is 19.3 Å². The highest BCUT2D eigenvalue weighted by atomic mass is 79.9. The Kier molecular flexibility index (Phi) is 7.72. The van der Waals surface area contributed by atoms with E-state index in [1.807, 2.05) is 6.08 Å². The fourth-order valence-corrected chi connectivity index (χ4v) is 1.15. The molecular formula is C10H15Br. The zero-order valence-electron chi connectivity index (χ0n) is 7.28. The summed E-state index contributed by atoms with van der Waals surface area (Å²) in [5.74, 6) is 6.08. The van der Waals surface area contributed by atoms with E-state index in [-0.39, 0.29) is 0 Å². The molecule has 0 spiro atoms. The molecule has 0 amide bonds. The first kappa shape index (κ1) is 10.8. The van der Waals surface area contributed by atoms with Crippen molar-refractivity contribution in [3.8, 4) is 11.8 Å². The summed E-state index contributed by atoms with van der Waals surface area (Å²) in [6.07, 6.45) is 6.38. The molecule has 0 nitrogen and oxygen atoms in total. The standard InChI is InChI=1S/C10H15Br/c1-3-5-6-7-9-10(11)8-4-2/h9H,3-5,8H2,1-2H3. The summed E-state index contributed by atoms with van der Waals surface area (Å²) in [5.41, 5.74) is 0. The van der Waals surface area contributed by atoms with Crippen LogP contribution in [0.2, 0.25) is 0 Å². The molecule has 0 unspecified atom stereocenters. The third-order valence-electron chi connectivity index (χ3n) is 1.19. The van der Waals surface area contributed by atoms with Crippen LogP contribution in [0.1, 0.15) is 39.5 Å². The van der Waals surface area contributed by atoms with Crippen molar-refractivity contribution >= 4 is 15.9 Å². The van der Waals surface area contributed by atoms with Crippen LogP contribution in [0.5, 0.6) is 0 Å². The quantitative estimate of drug-likeness (QED) is 0.627. The van der Waals surface area contributed by atoms with Crippen LogP contribution < -0.4 is 0 Å². The second-order valence-corrected chi connectivity index (χ2v) is 3.43. The van der Waals surface area contributed by atoms with Gasteiger partial charge >= 0.3 is 0 Å². The van der Waals surface area contributed by atoms with Crippen molar-refractivity contribution in [3.05, 3.63) is 10.6 Å². The molecular weight excluding hydrogens is 200 g/mol. The van der Waals surface area contributed by atoms with Crippen LogP contribution >= 0.6 is 15.9 Å². The molecule has 0 bridgehead atoms. The minimum atomic E-state index is 1.00. The monoisotopic (exact) mass is 214 g/mol. The van der Waals surface area contributed by atoms with E-state index in [0.29, 0.717) is 0 Å². The zero-order valence-corrected chi connectivity index (χ0v) is 8.87. The van der Waals surface area contributed by atoms with Gasteiger partial charge < -0.3 is 0 Å². The van der Waals surface area contributed by atoms with Gasteiger partial charge in [0.15, 0.2) is 0 Å². The third kappa shape index (κ3) is 7.68. The molecule has 0 aromatic heterocycles. The first-order valence-corrected chi connectivity index (χ1v) is 4.93. The highest BCUT2D eigenvalue weighted by molar-refractivity contribution is 9.11. The predicted octanol–water partition coefficient (Wildman–Crippen LogP) is 3.87. The number of unbranched alkanes of at least 4 members (excludes halogenated alkanes) is 1. The smallest absolute Gasteiger partial charge is 0.00896 e. The molecule has 62 valence electrons. The average Bonchev–Trinajstić information content (AvgIpc) is 1.99. The summed E-state index contributed by atoms with van der Waals surface area (Å²) in [6, 6.07) is 0. The molecule has 0 rings (SSSR count). The Bertz CT molecular complexity index is 169. The van der Waals surface area contributed by atoms with Crippen LogP contribution in [0.3, 0.4) is 0 Å². The Labute approximate surface area is 78.2 Å². The number of allylic oxidation sites excluding steroid dienone is 2. The number of halogens is 1. The Morgan fingerprint density at radius 2 is 2.09 bits per heavy atom. The molecule has 0 radical (unpaired) electrons. The molecule has 0 aliphatic carbocycles. The van der Waals surface area contributed by atoms with Crippen molar-refractivity contribution < 1.29 is 0 Å². The van der Waals surface area contributed by atoms with E-state index in [4.69, 9.17) is 0 Å². The van der Waals surface area contributed by atoms with Crippen molar-refractivity contribution in [1.82, 2.24) is 0 Å². The lowest BCUT2D eigenvalue weighted by Crippen LogP contribution is -1.68. The van der Waals surface area contributed by atoms with Crippen LogP contribution in [0.4, 0.5) is 0 Å². The minimum Gasteiger partial charge on any atom is -0.0985 e. The summed E-state index contributed by atoms with van der Waals surface area (Å²) in [7, 11) is 0. The van der Waals surface area contributed by atoms with Gasteiger partial charge in [-0.1, -0.05) is 48.0 Å². The predicted molar refractivity (Wildman–Crippen MR) is 54.6 cm³/mol. The van der Waals surface area contributed by atoms with Gasteiger partial charge in [0.1, 0.15) is 0 Å². The molecule has 0 aliphatic heterocycles. The highest BCUT2D eigenvalue weighted by Gasteiger charge is 1.84. The van der Waals surface area contributed by atoms with Gasteiger partial charge in [-0.05, 0) is 18.9 Å². The molecule has 0 aromatic rings. The maximum absolute atomic E-state index is 3.45. The van der Waals surface area contributed by atoms with Crippen molar-refractivity contribution in [2.45, 2.75) is 39.5 Å². The molecule has 0 aliphatic rings. The number of hydrogen-bond acceptors (Lipinski definition) is 0. The van der Waals surface area contributed by atoms with E-state index in [1.165, 1.54) is 10.9 Å². The summed E-state index contributed by atoms with van der Waals surface area (Å²) >= 11 is 3.45. The van der Waals surface area contributed by atoms with Gasteiger partial charge in [0.05, 0.1) is 0 Å². The first-order valence-electron chi connectivity index (χ1n) is 4.14. The van der Waals surface area contributed by atoms with E-state index in [9.17, 15) is 0 Å². The lowest BCUT2D eigenvalue weighted by molar-refractivity contribution is 0.951. The van der Waals surface area contributed by atoms with Crippen molar-refractivity contribution in [2.75, 3.05) is 0 Å². The van der Waals surface area contributed by atoms with Crippen LogP contribution in [-0.4, -0.2) is 0 Å². The summed E-state index contributed by atoms with van der Waals surface area (Å²) in [5, 5.41) is 0. The summed E-state index contributed by atoms with van der Waals surface area (Å²) in [4.78, 5) is 0. The topological polar surface area (TPSA) is 0 Å². The molecule has 0 N–H and O–H groups in total. The fourth-order valence-electron chi connectivity index (χ4n) is 0.638. The second-order valence-electron chi connectivity index (χ2n) is 2.41. The van der Waals surface area contributed by atoms with Crippen LogP contribution in [0.25, 0.3) is 0 Å². The molecule has 0 saturated carbocycles. The van der Waals surface area contributed by atoms with Gasteiger partial charge in [-0.2, -0.15) is 0 Å². The second kappa shape index (κ2) is 7.88. The maximum atomic E-state index is 3.45. The molecule has 0 aromatic carbocycles. The van der Waals surface area contributed by atoms with E-state index in [1.54, 1.807) is 0 Å². The Balaban J connectivity index is 3.64. The number of hydrogen-bond donors (Lipinski definition) is 0. The van der Waals surface area contributed by atoms with Gasteiger partial charge in [-0.3, -0.25) is 0 Å². The molecule has 11 heavy (non-hydrogen) atoms. The van der Waals surface area contributed by atoms with Gasteiger partial charge in [-0.25, -0.2) is 0 Å². The highest BCUT2D eigenvalue weighted by Crippen LogP contribution is 2.10. The van der Waals surface area contributed by atoms with Crippen molar-refractivity contribution in [3.63, 3.8) is 0 Å². The van der Waals surface area contributed by atoms with Crippen molar-refractivity contribution in [2.24, 2.45) is 0 Å². The molecule has 0 fully saturated rings. The Morgan fingerprint density at radius 3 is 2.64 bits per heavy atom. The summed E-state index contributed by atoms with van der Waals surface area (Å²) in [6.45, 7) is 4.30. The summed E-state index contributed by atoms with van der Waals surface area (Å²) < 4.78 is 1.21. The van der Waals surface area contributed by atoms with Gasteiger partial charge in [0.25, 0.3) is 0 Å². The molecule has 1 heteroatoms. The Morgan fingerprint density at radius 1 is 1.36 bits per heavy atom. The Hall–Kier alpha value is -0.220. The van der Waals surface area contributed by atoms with Crippen molar-refractivity contribution in [1.29, 1.82) is 0 Å². The normalized spacial score (nSPS) is 10.6. The lowest BCUT2D eigenvalue weighted by Gasteiger charge is -1.88.